The number of nitrogens with one attached hydrogen (secondary N) is 2. The lowest BCUT2D eigenvalue weighted by molar-refractivity contribution is -0.113. The highest BCUT2D eigenvalue weighted by Crippen LogP contribution is 2.18. The number of anilines is 1. The van der Waals surface area contributed by atoms with E-state index < -0.39 is 11.8 Å². The molecule has 0 unspecified atom stereocenters. The molecule has 2 N–H and O–H groups in total. The number of carbonyl (C=O) groups is 3. The van der Waals surface area contributed by atoms with Crippen molar-refractivity contribution in [3.63, 3.8) is 0 Å². The minimum Gasteiger partial charge on any atom is -0.497 e. The van der Waals surface area contributed by atoms with Crippen LogP contribution in [0.1, 0.15) is 38.8 Å². The minimum atomic E-state index is -0.522. The van der Waals surface area contributed by atoms with Gasteiger partial charge < -0.3 is 20.1 Å². The molecule has 0 saturated heterocycles. The van der Waals surface area contributed by atoms with Crippen molar-refractivity contribution in [2.75, 3.05) is 19.0 Å². The topological polar surface area (TPSA) is 93.7 Å². The van der Waals surface area contributed by atoms with E-state index in [-0.39, 0.29) is 11.5 Å². The van der Waals surface area contributed by atoms with Gasteiger partial charge in [0.25, 0.3) is 11.8 Å². The summed E-state index contributed by atoms with van der Waals surface area (Å²) in [5, 5.41) is 5.50. The predicted molar refractivity (Wildman–Crippen MR) is 161 cm³/mol. The maximum Gasteiger partial charge on any atom is 0.272 e. The number of benzene rings is 4. The molecule has 0 aliphatic rings. The molecule has 7 nitrogen and oxygen atoms in total. The summed E-state index contributed by atoms with van der Waals surface area (Å²) in [4.78, 5) is 38.8. The van der Waals surface area contributed by atoms with Crippen molar-refractivity contribution in [2.45, 2.75) is 6.92 Å². The molecule has 0 atom stereocenters. The third-order valence-corrected chi connectivity index (χ3v) is 5.98. The fourth-order valence-electron chi connectivity index (χ4n) is 3.87. The molecule has 0 aliphatic heterocycles. The van der Waals surface area contributed by atoms with Crippen LogP contribution in [0.2, 0.25) is 0 Å². The lowest BCUT2D eigenvalue weighted by Crippen LogP contribution is -2.30. The summed E-state index contributed by atoms with van der Waals surface area (Å²) in [6, 6.07) is 29.8. The van der Waals surface area contributed by atoms with Crippen LogP contribution in [0.3, 0.4) is 0 Å². The van der Waals surface area contributed by atoms with Crippen LogP contribution in [0.25, 0.3) is 12.2 Å². The first-order valence-electron chi connectivity index (χ1n) is 13.0. The molecule has 0 spiro atoms. The first kappa shape index (κ1) is 28.6. The molecule has 4 aromatic rings. The van der Waals surface area contributed by atoms with E-state index in [0.29, 0.717) is 34.7 Å². The van der Waals surface area contributed by atoms with E-state index >= 15 is 0 Å². The third kappa shape index (κ3) is 8.28. The Balaban J connectivity index is 1.47. The zero-order valence-electron chi connectivity index (χ0n) is 22.8. The molecule has 7 heteroatoms. The van der Waals surface area contributed by atoms with Gasteiger partial charge in [-0.2, -0.15) is 0 Å². The van der Waals surface area contributed by atoms with Crippen molar-refractivity contribution in [3.05, 3.63) is 137 Å². The number of amides is 2. The van der Waals surface area contributed by atoms with Crippen LogP contribution >= 0.6 is 0 Å². The third-order valence-electron chi connectivity index (χ3n) is 5.98. The summed E-state index contributed by atoms with van der Waals surface area (Å²) >= 11 is 0. The van der Waals surface area contributed by atoms with E-state index in [2.05, 4.69) is 10.6 Å². The number of ether oxygens (including phenoxy) is 2. The Labute approximate surface area is 239 Å². The molecular weight excluding hydrogens is 516 g/mol. The molecule has 0 heterocycles. The first-order chi connectivity index (χ1) is 19.9. The van der Waals surface area contributed by atoms with Crippen LogP contribution in [0, 0.1) is 0 Å². The molecule has 2 amide bonds. The Hall–Kier alpha value is -5.43. The summed E-state index contributed by atoms with van der Waals surface area (Å²) in [6.07, 6.45) is 4.80. The van der Waals surface area contributed by atoms with Crippen molar-refractivity contribution in [2.24, 2.45) is 0 Å². The molecule has 4 rings (SSSR count). The Morgan fingerprint density at radius 3 is 2.17 bits per heavy atom. The zero-order valence-corrected chi connectivity index (χ0v) is 22.8. The van der Waals surface area contributed by atoms with E-state index in [1.807, 2.05) is 31.2 Å². The minimum absolute atomic E-state index is 0.0468. The molecule has 0 bridgehead atoms. The van der Waals surface area contributed by atoms with E-state index in [0.717, 1.165) is 11.3 Å². The maximum atomic E-state index is 13.3. The highest BCUT2D eigenvalue weighted by molar-refractivity contribution is 6.11. The number of hydrogen-bond donors (Lipinski definition) is 2. The predicted octanol–water partition coefficient (Wildman–Crippen LogP) is 6.40. The monoisotopic (exact) mass is 546 g/mol. The van der Waals surface area contributed by atoms with Gasteiger partial charge in [-0.1, -0.05) is 48.5 Å². The van der Waals surface area contributed by atoms with E-state index in [4.69, 9.17) is 9.47 Å². The van der Waals surface area contributed by atoms with E-state index in [1.54, 1.807) is 98.1 Å². The summed E-state index contributed by atoms with van der Waals surface area (Å²) in [5.74, 6) is 0.270. The number of hydrogen-bond acceptors (Lipinski definition) is 5. The fraction of sp³-hybridized carbons (Fsp3) is 0.0882. The second kappa shape index (κ2) is 14.1. The Kier molecular flexibility index (Phi) is 9.82. The van der Waals surface area contributed by atoms with Gasteiger partial charge in [-0.25, -0.2) is 0 Å². The van der Waals surface area contributed by atoms with Crippen molar-refractivity contribution < 1.29 is 23.9 Å². The van der Waals surface area contributed by atoms with E-state index in [1.165, 1.54) is 6.08 Å². The summed E-state index contributed by atoms with van der Waals surface area (Å²) < 4.78 is 10.7. The molecule has 41 heavy (non-hydrogen) atoms. The molecule has 206 valence electrons. The summed E-state index contributed by atoms with van der Waals surface area (Å²) in [6.45, 7) is 2.51. The average molecular weight is 547 g/mol. The molecule has 0 saturated carbocycles. The number of rotatable bonds is 11. The van der Waals surface area contributed by atoms with Crippen molar-refractivity contribution in [1.82, 2.24) is 5.32 Å². The van der Waals surface area contributed by atoms with Crippen molar-refractivity contribution in [1.29, 1.82) is 0 Å². The maximum absolute atomic E-state index is 13.3. The Bertz CT molecular complexity index is 1560. The van der Waals surface area contributed by atoms with Crippen LogP contribution in [-0.4, -0.2) is 31.3 Å². The Morgan fingerprint density at radius 1 is 0.756 bits per heavy atom. The van der Waals surface area contributed by atoms with Gasteiger partial charge in [-0.05, 0) is 90.9 Å². The highest BCUT2D eigenvalue weighted by Gasteiger charge is 2.15. The molecule has 0 aliphatic carbocycles. The smallest absolute Gasteiger partial charge is 0.272 e. The molecule has 0 aromatic heterocycles. The average Bonchev–Trinajstić information content (AvgIpc) is 3.01. The lowest BCUT2D eigenvalue weighted by atomic mass is 10.1. The van der Waals surface area contributed by atoms with Gasteiger partial charge in [0.1, 0.15) is 17.2 Å². The van der Waals surface area contributed by atoms with Gasteiger partial charge in [0.05, 0.1) is 13.7 Å². The zero-order chi connectivity index (χ0) is 29.0. The fourth-order valence-corrected chi connectivity index (χ4v) is 3.87. The van der Waals surface area contributed by atoms with E-state index in [9.17, 15) is 14.4 Å². The van der Waals surface area contributed by atoms with Crippen LogP contribution in [0.15, 0.2) is 115 Å². The van der Waals surface area contributed by atoms with Crippen LogP contribution < -0.4 is 20.1 Å². The van der Waals surface area contributed by atoms with Gasteiger partial charge in [0, 0.05) is 16.8 Å². The number of carbonyl (C=O) groups excluding carboxylic acids is 3. The number of ketones is 1. The number of allylic oxidation sites excluding steroid dienone is 1. The van der Waals surface area contributed by atoms with Gasteiger partial charge >= 0.3 is 0 Å². The Morgan fingerprint density at radius 2 is 1.49 bits per heavy atom. The normalized spacial score (nSPS) is 11.1. The first-order valence-corrected chi connectivity index (χ1v) is 13.0. The lowest BCUT2D eigenvalue weighted by Gasteiger charge is -2.12. The number of methoxy groups -OCH3 is 1. The van der Waals surface area contributed by atoms with Crippen LogP contribution in [0.4, 0.5) is 5.69 Å². The van der Waals surface area contributed by atoms with Gasteiger partial charge in [0.2, 0.25) is 0 Å². The summed E-state index contributed by atoms with van der Waals surface area (Å²) in [5.41, 5.74) is 2.94. The molecule has 0 radical (unpaired) electrons. The van der Waals surface area contributed by atoms with Crippen molar-refractivity contribution in [3.8, 4) is 11.5 Å². The molecular formula is C34H30N2O5. The van der Waals surface area contributed by atoms with Gasteiger partial charge in [0.15, 0.2) is 5.78 Å². The largest absolute Gasteiger partial charge is 0.497 e. The van der Waals surface area contributed by atoms with Gasteiger partial charge in [-0.3, -0.25) is 14.4 Å². The molecule has 4 aromatic carbocycles. The molecule has 0 fully saturated rings. The second-order valence-electron chi connectivity index (χ2n) is 8.89. The highest BCUT2D eigenvalue weighted by atomic mass is 16.5. The van der Waals surface area contributed by atoms with Crippen LogP contribution in [-0.2, 0) is 4.79 Å². The van der Waals surface area contributed by atoms with Gasteiger partial charge in [-0.15, -0.1) is 0 Å². The quantitative estimate of drug-likeness (QED) is 0.168. The second-order valence-corrected chi connectivity index (χ2v) is 8.89. The standard InChI is InChI=1S/C34H30N2O5/c1-3-41-29-19-12-24(13-20-29)14-21-32(37)26-15-17-28(18-16-26)35-34(39)31(23-25-8-7-11-30(22-25)40-2)36-33(38)27-9-5-4-6-10-27/h4-23H,3H2,1-2H3,(H,35,39)(H,36,38)/b21-14+,31-23-. The summed E-state index contributed by atoms with van der Waals surface area (Å²) in [7, 11) is 1.55. The van der Waals surface area contributed by atoms with Crippen molar-refractivity contribution >= 4 is 35.4 Å². The SMILES string of the molecule is CCOc1ccc(/C=C/C(=O)c2ccc(NC(=O)/C(=C/c3cccc(OC)c3)NC(=O)c3ccccc3)cc2)cc1. The van der Waals surface area contributed by atoms with Crippen LogP contribution in [0.5, 0.6) is 11.5 Å².